The van der Waals surface area contributed by atoms with Crippen LogP contribution in [-0.2, 0) is 0 Å². The van der Waals surface area contributed by atoms with Gasteiger partial charge in [0.05, 0.1) is 0 Å². The number of piperazine rings is 1. The average Bonchev–Trinajstić information content (AvgIpc) is 2.27. The second-order valence-electron chi connectivity index (χ2n) is 4.39. The van der Waals surface area contributed by atoms with Crippen LogP contribution in [-0.4, -0.2) is 36.6 Å². The first-order chi connectivity index (χ1) is 8.54. The van der Waals surface area contributed by atoms with Gasteiger partial charge in [-0.25, -0.2) is 4.79 Å². The molecule has 0 radical (unpaired) electrons. The topological polar surface area (TPSA) is 44.4 Å². The molecule has 1 fully saturated rings. The van der Waals surface area contributed by atoms with E-state index >= 15 is 0 Å². The van der Waals surface area contributed by atoms with Gasteiger partial charge in [0.15, 0.2) is 0 Å². The van der Waals surface area contributed by atoms with Crippen LogP contribution in [0.15, 0.2) is 18.2 Å². The number of halogens is 2. The molecule has 6 heteroatoms. The Labute approximate surface area is 116 Å². The van der Waals surface area contributed by atoms with Gasteiger partial charge in [-0.3, -0.25) is 0 Å². The van der Waals surface area contributed by atoms with Crippen LogP contribution in [0.1, 0.15) is 6.92 Å². The fourth-order valence-corrected chi connectivity index (χ4v) is 2.47. The Morgan fingerprint density at radius 2 is 2.06 bits per heavy atom. The third-order valence-corrected chi connectivity index (χ3v) is 3.21. The molecule has 18 heavy (non-hydrogen) atoms. The zero-order chi connectivity index (χ0) is 13.1. The molecule has 98 valence electrons. The molecule has 1 aliphatic rings. The van der Waals surface area contributed by atoms with Gasteiger partial charge in [-0.15, -0.1) is 0 Å². The molecule has 0 aromatic heterocycles. The van der Waals surface area contributed by atoms with Gasteiger partial charge < -0.3 is 15.5 Å². The molecule has 0 bridgehead atoms. The van der Waals surface area contributed by atoms with Crippen LogP contribution in [0.2, 0.25) is 10.0 Å². The molecule has 1 aromatic rings. The van der Waals surface area contributed by atoms with Crippen molar-refractivity contribution in [3.63, 3.8) is 0 Å². The van der Waals surface area contributed by atoms with Crippen molar-refractivity contribution in [1.82, 2.24) is 10.2 Å². The van der Waals surface area contributed by atoms with Gasteiger partial charge in [0, 0.05) is 41.4 Å². The average molecular weight is 288 g/mol. The lowest BCUT2D eigenvalue weighted by atomic mass is 10.2. The van der Waals surface area contributed by atoms with E-state index in [9.17, 15) is 4.79 Å². The number of nitrogens with one attached hydrogen (secondary N) is 2. The first-order valence-corrected chi connectivity index (χ1v) is 6.55. The highest BCUT2D eigenvalue weighted by Gasteiger charge is 2.20. The number of carbonyl (C=O) groups is 1. The van der Waals surface area contributed by atoms with Crippen molar-refractivity contribution in [2.45, 2.75) is 13.0 Å². The molecule has 0 aliphatic carbocycles. The van der Waals surface area contributed by atoms with Gasteiger partial charge in [0.25, 0.3) is 0 Å². The van der Waals surface area contributed by atoms with Crippen LogP contribution in [0, 0.1) is 0 Å². The molecule has 1 aliphatic heterocycles. The summed E-state index contributed by atoms with van der Waals surface area (Å²) in [5.74, 6) is 0. The fourth-order valence-electron chi connectivity index (χ4n) is 1.95. The number of rotatable bonds is 1. The molecule has 0 unspecified atom stereocenters. The molecule has 1 saturated heterocycles. The van der Waals surface area contributed by atoms with Crippen LogP contribution < -0.4 is 10.6 Å². The van der Waals surface area contributed by atoms with Gasteiger partial charge in [0.1, 0.15) is 0 Å². The molecule has 0 saturated carbocycles. The standard InChI is InChI=1S/C12H15Cl2N3O/c1-8-7-17(3-2-15-8)12(18)16-11-5-9(13)4-10(14)6-11/h4-6,8,15H,2-3,7H2,1H3,(H,16,18)/t8-/m0/s1. The SMILES string of the molecule is C[C@H]1CN(C(=O)Nc2cc(Cl)cc(Cl)c2)CCN1. The van der Waals surface area contributed by atoms with E-state index in [-0.39, 0.29) is 6.03 Å². The Balaban J connectivity index is 2.02. The second kappa shape index (κ2) is 5.78. The van der Waals surface area contributed by atoms with E-state index in [1.165, 1.54) is 0 Å². The lowest BCUT2D eigenvalue weighted by Crippen LogP contribution is -2.52. The minimum absolute atomic E-state index is 0.123. The molecule has 1 heterocycles. The van der Waals surface area contributed by atoms with Gasteiger partial charge in [-0.1, -0.05) is 23.2 Å². The molecule has 0 spiro atoms. The minimum atomic E-state index is -0.123. The van der Waals surface area contributed by atoms with Crippen molar-refractivity contribution in [3.05, 3.63) is 28.2 Å². The highest BCUT2D eigenvalue weighted by molar-refractivity contribution is 6.35. The van der Waals surface area contributed by atoms with Gasteiger partial charge in [-0.2, -0.15) is 0 Å². The number of benzene rings is 1. The van der Waals surface area contributed by atoms with Gasteiger partial charge in [-0.05, 0) is 25.1 Å². The van der Waals surface area contributed by atoms with E-state index in [1.807, 2.05) is 0 Å². The summed E-state index contributed by atoms with van der Waals surface area (Å²) in [7, 11) is 0. The number of urea groups is 1. The first-order valence-electron chi connectivity index (χ1n) is 5.80. The maximum Gasteiger partial charge on any atom is 0.321 e. The number of carbonyl (C=O) groups excluding carboxylic acids is 1. The Bertz CT molecular complexity index is 433. The highest BCUT2D eigenvalue weighted by atomic mass is 35.5. The summed E-state index contributed by atoms with van der Waals surface area (Å²) in [6.07, 6.45) is 0. The first kappa shape index (κ1) is 13.5. The predicted octanol–water partition coefficient (Wildman–Crippen LogP) is 2.82. The Morgan fingerprint density at radius 1 is 1.39 bits per heavy atom. The summed E-state index contributed by atoms with van der Waals surface area (Å²) in [5.41, 5.74) is 0.615. The molecule has 2 amide bonds. The maximum absolute atomic E-state index is 12.0. The van der Waals surface area contributed by atoms with E-state index in [4.69, 9.17) is 23.2 Å². The van der Waals surface area contributed by atoms with Crippen molar-refractivity contribution in [2.24, 2.45) is 0 Å². The predicted molar refractivity (Wildman–Crippen MR) is 74.5 cm³/mol. The van der Waals surface area contributed by atoms with Crippen LogP contribution >= 0.6 is 23.2 Å². The van der Waals surface area contributed by atoms with Gasteiger partial charge in [0.2, 0.25) is 0 Å². The molecule has 1 atom stereocenters. The molecule has 4 nitrogen and oxygen atoms in total. The van der Waals surface area contributed by atoms with E-state index in [2.05, 4.69) is 17.6 Å². The Kier molecular flexibility index (Phi) is 4.32. The van der Waals surface area contributed by atoms with Gasteiger partial charge >= 0.3 is 6.03 Å². The number of amides is 2. The fraction of sp³-hybridized carbons (Fsp3) is 0.417. The van der Waals surface area contributed by atoms with E-state index in [0.29, 0.717) is 34.9 Å². The zero-order valence-corrected chi connectivity index (χ0v) is 11.6. The number of hydrogen-bond donors (Lipinski definition) is 2. The smallest absolute Gasteiger partial charge is 0.321 e. The largest absolute Gasteiger partial charge is 0.322 e. The zero-order valence-electron chi connectivity index (χ0n) is 10.0. The molecule has 1 aromatic carbocycles. The lowest BCUT2D eigenvalue weighted by Gasteiger charge is -2.31. The van der Waals surface area contributed by atoms with Crippen molar-refractivity contribution in [2.75, 3.05) is 25.0 Å². The van der Waals surface area contributed by atoms with Crippen LogP contribution in [0.3, 0.4) is 0 Å². The molecular formula is C12H15Cl2N3O. The highest BCUT2D eigenvalue weighted by Crippen LogP contribution is 2.22. The van der Waals surface area contributed by atoms with E-state index < -0.39 is 0 Å². The molecule has 2 rings (SSSR count). The number of hydrogen-bond acceptors (Lipinski definition) is 2. The Hall–Kier alpha value is -0.970. The summed E-state index contributed by atoms with van der Waals surface area (Å²) >= 11 is 11.8. The summed E-state index contributed by atoms with van der Waals surface area (Å²) in [4.78, 5) is 13.8. The minimum Gasteiger partial charge on any atom is -0.322 e. The van der Waals surface area contributed by atoms with Crippen molar-refractivity contribution in [3.8, 4) is 0 Å². The second-order valence-corrected chi connectivity index (χ2v) is 5.26. The quantitative estimate of drug-likeness (QED) is 0.834. The van der Waals surface area contributed by atoms with Crippen molar-refractivity contribution < 1.29 is 4.79 Å². The third kappa shape index (κ3) is 3.51. The third-order valence-electron chi connectivity index (χ3n) is 2.77. The normalized spacial score (nSPS) is 19.7. The summed E-state index contributed by atoms with van der Waals surface area (Å²) in [6.45, 7) is 4.26. The maximum atomic E-state index is 12.0. The summed E-state index contributed by atoms with van der Waals surface area (Å²) < 4.78 is 0. The monoisotopic (exact) mass is 287 g/mol. The van der Waals surface area contributed by atoms with E-state index in [1.54, 1.807) is 23.1 Å². The van der Waals surface area contributed by atoms with Crippen LogP contribution in [0.5, 0.6) is 0 Å². The number of nitrogens with zero attached hydrogens (tertiary/aromatic N) is 1. The van der Waals surface area contributed by atoms with Crippen molar-refractivity contribution in [1.29, 1.82) is 0 Å². The lowest BCUT2D eigenvalue weighted by molar-refractivity contribution is 0.192. The van der Waals surface area contributed by atoms with Crippen LogP contribution in [0.4, 0.5) is 10.5 Å². The summed E-state index contributed by atoms with van der Waals surface area (Å²) in [6, 6.07) is 5.17. The summed E-state index contributed by atoms with van der Waals surface area (Å²) in [5, 5.41) is 7.10. The molecular weight excluding hydrogens is 273 g/mol. The number of anilines is 1. The molecule has 2 N–H and O–H groups in total. The van der Waals surface area contributed by atoms with Crippen LogP contribution in [0.25, 0.3) is 0 Å². The van der Waals surface area contributed by atoms with E-state index in [0.717, 1.165) is 6.54 Å². The Morgan fingerprint density at radius 3 is 2.67 bits per heavy atom. The van der Waals surface area contributed by atoms with Crippen molar-refractivity contribution >= 4 is 34.9 Å².